The third-order valence-electron chi connectivity index (χ3n) is 13.8. The van der Waals surface area contributed by atoms with Crippen LogP contribution in [0.1, 0.15) is 17.7 Å². The van der Waals surface area contributed by atoms with Crippen molar-refractivity contribution in [2.24, 2.45) is 0 Å². The Kier molecular flexibility index (Phi) is 8.37. The van der Waals surface area contributed by atoms with Gasteiger partial charge >= 0.3 is 0 Å². The van der Waals surface area contributed by atoms with E-state index in [9.17, 15) is 0 Å². The molecule has 3 heterocycles. The van der Waals surface area contributed by atoms with Crippen LogP contribution in [0.3, 0.4) is 0 Å². The van der Waals surface area contributed by atoms with E-state index in [0.717, 1.165) is 56.9 Å². The van der Waals surface area contributed by atoms with Gasteiger partial charge in [-0.15, -0.1) is 0 Å². The summed E-state index contributed by atoms with van der Waals surface area (Å²) in [4.78, 5) is 0. The number of fused-ring (bicyclic) bond motifs is 10. The quantitative estimate of drug-likeness (QED) is 0.116. The van der Waals surface area contributed by atoms with Crippen molar-refractivity contribution >= 4 is 89.5 Å². The molecule has 0 unspecified atom stereocenters. The van der Waals surface area contributed by atoms with E-state index in [4.69, 9.17) is 4.42 Å². The van der Waals surface area contributed by atoms with Crippen LogP contribution in [0.5, 0.6) is 0 Å². The number of hydrogen-bond acceptors (Lipinski definition) is 1. The van der Waals surface area contributed by atoms with Gasteiger partial charge in [0.25, 0.3) is 0 Å². The second-order valence-corrected chi connectivity index (χ2v) is 20.9. The number of nitrogens with zero attached hydrogens (tertiary/aromatic N) is 2. The minimum Gasteiger partial charge on any atom is -0.455 e. The van der Waals surface area contributed by atoms with E-state index >= 15 is 0 Å². The van der Waals surface area contributed by atoms with Crippen LogP contribution in [0.2, 0.25) is 0 Å². The van der Waals surface area contributed by atoms with Crippen molar-refractivity contribution in [3.05, 3.63) is 236 Å². The minimum absolute atomic E-state index is 0.915. The molecule has 9 aromatic carbocycles. The third-order valence-corrected chi connectivity index (χ3v) is 18.6. The first kappa shape index (κ1) is 36.7. The molecule has 302 valence electrons. The molecule has 13 rings (SSSR count). The third kappa shape index (κ3) is 5.46. The topological polar surface area (TPSA) is 23.0 Å². The van der Waals surface area contributed by atoms with Crippen LogP contribution in [0, 0.1) is 0 Å². The molecule has 0 fully saturated rings. The monoisotopic (exact) mass is 834 g/mol. The van der Waals surface area contributed by atoms with Crippen molar-refractivity contribution in [2.45, 2.75) is 12.8 Å². The van der Waals surface area contributed by atoms with Crippen LogP contribution in [0.4, 0.5) is 0 Å². The number of allylic oxidation sites excluding steroid dienone is 1. The fraction of sp³-hybridized carbons (Fsp3) is 0.0333. The van der Waals surface area contributed by atoms with Crippen LogP contribution in [0.15, 0.2) is 229 Å². The fourth-order valence-corrected chi connectivity index (χ4v) is 15.7. The van der Waals surface area contributed by atoms with E-state index < -0.39 is 8.07 Å². The zero-order valence-electron chi connectivity index (χ0n) is 35.2. The van der Waals surface area contributed by atoms with Gasteiger partial charge in [0.05, 0.1) is 21.9 Å². The molecule has 0 aliphatic heterocycles. The Labute approximate surface area is 372 Å². The molecule has 0 saturated carbocycles. The Morgan fingerprint density at radius 1 is 0.406 bits per heavy atom. The van der Waals surface area contributed by atoms with Gasteiger partial charge in [-0.1, -0.05) is 170 Å². The first-order chi connectivity index (χ1) is 31.8. The van der Waals surface area contributed by atoms with Gasteiger partial charge in [0.1, 0.15) is 11.2 Å². The number of hydrogen-bond donors (Lipinski definition) is 0. The van der Waals surface area contributed by atoms with Gasteiger partial charge in [-0.3, -0.25) is 0 Å². The normalized spacial score (nSPS) is 12.8. The molecule has 0 atom stereocenters. The van der Waals surface area contributed by atoms with Crippen LogP contribution in [-0.2, 0) is 6.42 Å². The molecule has 0 N–H and O–H groups in total. The van der Waals surface area contributed by atoms with Crippen molar-refractivity contribution in [1.82, 2.24) is 9.13 Å². The number of benzene rings is 9. The Morgan fingerprint density at radius 3 is 1.70 bits per heavy atom. The zero-order valence-corrected chi connectivity index (χ0v) is 36.2. The summed E-state index contributed by atoms with van der Waals surface area (Å²) in [5.74, 6) is 0. The molecular weight excluding hydrogens is 793 g/mol. The maximum absolute atomic E-state index is 6.62. The van der Waals surface area contributed by atoms with Crippen LogP contribution >= 0.6 is 0 Å². The average molecular weight is 835 g/mol. The molecule has 64 heavy (non-hydrogen) atoms. The number of rotatable bonds is 7. The lowest BCUT2D eigenvalue weighted by Crippen LogP contribution is -2.74. The zero-order chi connectivity index (χ0) is 42.2. The highest BCUT2D eigenvalue weighted by atomic mass is 28.3. The van der Waals surface area contributed by atoms with E-state index in [2.05, 4.69) is 234 Å². The standard InChI is InChI=1S/C60H42N2OSi/c1-4-16-43(17-5-1)61-54-25-13-10-22-49(54)53-40-42(30-38-56(53)61)41-28-33-47(34-29-41)64(45-18-6-2-7-19-45,46-20-8-3-9-21-46)48-35-31-44(32-36-48)62-55-26-14-11-24-52(55)59-57(62)39-37-51-50-23-12-15-27-58(50)63-60(51)59/h1-12,14-24,26-40H,13,25H2. The fourth-order valence-electron chi connectivity index (χ4n) is 10.9. The highest BCUT2D eigenvalue weighted by molar-refractivity contribution is 7.19. The largest absolute Gasteiger partial charge is 0.455 e. The Morgan fingerprint density at radius 2 is 0.969 bits per heavy atom. The van der Waals surface area contributed by atoms with Crippen molar-refractivity contribution < 1.29 is 4.42 Å². The summed E-state index contributed by atoms with van der Waals surface area (Å²) < 4.78 is 11.5. The summed E-state index contributed by atoms with van der Waals surface area (Å²) in [6.07, 6.45) is 6.76. The van der Waals surface area contributed by atoms with Gasteiger partial charge in [-0.05, 0) is 105 Å². The minimum atomic E-state index is -2.83. The van der Waals surface area contributed by atoms with E-state index in [1.54, 1.807) is 0 Å². The van der Waals surface area contributed by atoms with E-state index in [-0.39, 0.29) is 0 Å². The highest BCUT2D eigenvalue weighted by Gasteiger charge is 2.41. The van der Waals surface area contributed by atoms with Crippen molar-refractivity contribution in [3.63, 3.8) is 0 Å². The smallest absolute Gasteiger partial charge is 0.179 e. The molecule has 1 aliphatic carbocycles. The van der Waals surface area contributed by atoms with Crippen molar-refractivity contribution in [1.29, 1.82) is 0 Å². The van der Waals surface area contributed by atoms with E-state index in [1.165, 1.54) is 65.1 Å². The highest BCUT2D eigenvalue weighted by Crippen LogP contribution is 2.41. The molecule has 0 saturated heterocycles. The number of aromatic nitrogens is 2. The van der Waals surface area contributed by atoms with E-state index in [0.29, 0.717) is 0 Å². The van der Waals surface area contributed by atoms with Gasteiger partial charge in [0.15, 0.2) is 8.07 Å². The molecule has 4 heteroatoms. The van der Waals surface area contributed by atoms with Crippen LogP contribution in [-0.4, -0.2) is 17.2 Å². The lowest BCUT2D eigenvalue weighted by molar-refractivity contribution is 0.673. The maximum Gasteiger partial charge on any atom is 0.179 e. The lowest BCUT2D eigenvalue weighted by Gasteiger charge is -2.34. The van der Waals surface area contributed by atoms with Crippen molar-refractivity contribution in [2.75, 3.05) is 0 Å². The molecule has 0 spiro atoms. The summed E-state index contributed by atoms with van der Waals surface area (Å²) >= 11 is 0. The molecule has 3 aromatic heterocycles. The average Bonchev–Trinajstić information content (AvgIpc) is 4.03. The molecule has 3 nitrogen and oxygen atoms in total. The molecule has 1 aliphatic rings. The number of furan rings is 1. The number of para-hydroxylation sites is 3. The predicted molar refractivity (Wildman–Crippen MR) is 271 cm³/mol. The Hall–Kier alpha value is -7.92. The predicted octanol–water partition coefficient (Wildman–Crippen LogP) is 12.6. The summed E-state index contributed by atoms with van der Waals surface area (Å²) in [6.45, 7) is 0. The second-order valence-electron chi connectivity index (χ2n) is 17.1. The maximum atomic E-state index is 6.62. The molecule has 12 aromatic rings. The molecule has 0 amide bonds. The lowest BCUT2D eigenvalue weighted by atomic mass is 9.99. The van der Waals surface area contributed by atoms with Gasteiger partial charge in [0.2, 0.25) is 0 Å². The van der Waals surface area contributed by atoms with Gasteiger partial charge in [-0.2, -0.15) is 0 Å². The first-order valence-electron chi connectivity index (χ1n) is 22.3. The van der Waals surface area contributed by atoms with E-state index in [1.807, 2.05) is 6.07 Å². The Balaban J connectivity index is 0.964. The van der Waals surface area contributed by atoms with Gasteiger partial charge in [0, 0.05) is 44.2 Å². The van der Waals surface area contributed by atoms with Gasteiger partial charge in [-0.25, -0.2) is 0 Å². The van der Waals surface area contributed by atoms with Gasteiger partial charge < -0.3 is 13.6 Å². The van der Waals surface area contributed by atoms with Crippen LogP contribution in [0.25, 0.3) is 83.2 Å². The molecular formula is C60H42N2OSi. The summed E-state index contributed by atoms with van der Waals surface area (Å²) in [6, 6.07) is 80.8. The van der Waals surface area contributed by atoms with Crippen molar-refractivity contribution in [3.8, 4) is 22.5 Å². The first-order valence-corrected chi connectivity index (χ1v) is 24.3. The summed E-state index contributed by atoms with van der Waals surface area (Å²) in [7, 11) is -2.83. The van der Waals surface area contributed by atoms with Crippen LogP contribution < -0.4 is 20.7 Å². The SMILES string of the molecule is C1=Cc2c(n(-c3ccccc3)c3ccc(-c4ccc([Si](c5ccccc5)(c5ccccc5)c5ccc(-n6c7ccccc7c7c8oc9ccccc9c8ccc76)cc5)cc4)cc23)CC1. The summed E-state index contributed by atoms with van der Waals surface area (Å²) in [5, 5.41) is 11.3. The molecule has 0 bridgehead atoms. The Bertz CT molecular complexity index is 3710. The molecule has 0 radical (unpaired) electrons. The second kappa shape index (κ2) is 14.6. The summed E-state index contributed by atoms with van der Waals surface area (Å²) in [5.41, 5.74) is 12.9.